The van der Waals surface area contributed by atoms with Gasteiger partial charge in [-0.3, -0.25) is 9.59 Å². The molecule has 8 nitrogen and oxygen atoms in total. The van der Waals surface area contributed by atoms with E-state index in [-0.39, 0.29) is 12.5 Å². The molecule has 4 rings (SSSR count). The number of aryl methyl sites for hydroxylation is 1. The highest BCUT2D eigenvalue weighted by Gasteiger charge is 2.48. The van der Waals surface area contributed by atoms with E-state index in [0.717, 1.165) is 11.1 Å². The van der Waals surface area contributed by atoms with E-state index >= 15 is 0 Å². The predicted molar refractivity (Wildman–Crippen MR) is 133 cm³/mol. The molecular weight excluding hydrogens is 478 g/mol. The third-order valence-electron chi connectivity index (χ3n) is 5.95. The van der Waals surface area contributed by atoms with Gasteiger partial charge in [-0.25, -0.2) is 9.69 Å². The lowest BCUT2D eigenvalue weighted by Crippen LogP contribution is -2.63. The number of urea groups is 1. The lowest BCUT2D eigenvalue weighted by Gasteiger charge is -2.41. The van der Waals surface area contributed by atoms with Crippen molar-refractivity contribution in [2.45, 2.75) is 25.1 Å². The fraction of sp³-hybridized carbons (Fsp3) is 0.292. The summed E-state index contributed by atoms with van der Waals surface area (Å²) in [4.78, 5) is 42.4. The Balaban J connectivity index is 1.62. The van der Waals surface area contributed by atoms with Crippen LogP contribution in [0.1, 0.15) is 11.1 Å². The van der Waals surface area contributed by atoms with Crippen molar-refractivity contribution in [2.24, 2.45) is 0 Å². The number of carbonyl (C=O) groups excluding carboxylic acids is 3. The molecule has 0 spiro atoms. The van der Waals surface area contributed by atoms with Crippen molar-refractivity contribution in [2.75, 3.05) is 31.0 Å². The van der Waals surface area contributed by atoms with Gasteiger partial charge in [-0.2, -0.15) is 0 Å². The number of nitrogens with zero attached hydrogens (tertiary/aromatic N) is 2. The highest BCUT2D eigenvalue weighted by atomic mass is 35.5. The van der Waals surface area contributed by atoms with Crippen LogP contribution in [0.15, 0.2) is 41.8 Å². The van der Waals surface area contributed by atoms with E-state index < -0.39 is 23.2 Å². The molecule has 2 aliphatic rings. The van der Waals surface area contributed by atoms with Gasteiger partial charge in [0.25, 0.3) is 5.91 Å². The van der Waals surface area contributed by atoms with E-state index in [1.807, 2.05) is 19.9 Å². The second-order valence-electron chi connectivity index (χ2n) is 7.91. The average Bonchev–Trinajstić information content (AvgIpc) is 3.30. The zero-order valence-electron chi connectivity index (χ0n) is 19.1. The molecule has 1 N–H and O–H groups in total. The number of thioether (sulfide) groups is 1. The Morgan fingerprint density at radius 1 is 1.15 bits per heavy atom. The van der Waals surface area contributed by atoms with E-state index in [2.05, 4.69) is 5.32 Å². The molecule has 2 heterocycles. The third-order valence-corrected chi connectivity index (χ3v) is 7.33. The van der Waals surface area contributed by atoms with Gasteiger partial charge in [-0.05, 0) is 42.5 Å². The van der Waals surface area contributed by atoms with Gasteiger partial charge in [0.05, 0.1) is 36.7 Å². The summed E-state index contributed by atoms with van der Waals surface area (Å²) < 4.78 is 10.5. The van der Waals surface area contributed by atoms with Crippen LogP contribution in [-0.2, 0) is 9.59 Å². The van der Waals surface area contributed by atoms with Gasteiger partial charge < -0.3 is 19.7 Å². The monoisotopic (exact) mass is 501 g/mol. The molecule has 1 fully saturated rings. The van der Waals surface area contributed by atoms with E-state index in [4.69, 9.17) is 21.1 Å². The Morgan fingerprint density at radius 2 is 1.88 bits per heavy atom. The van der Waals surface area contributed by atoms with E-state index in [1.54, 1.807) is 29.7 Å². The Hall–Kier alpha value is -3.17. The van der Waals surface area contributed by atoms with Crippen molar-refractivity contribution in [1.29, 1.82) is 0 Å². The van der Waals surface area contributed by atoms with Crippen LogP contribution < -0.4 is 19.7 Å². The molecule has 0 saturated carbocycles. The average molecular weight is 502 g/mol. The van der Waals surface area contributed by atoms with Crippen LogP contribution in [0.2, 0.25) is 5.02 Å². The minimum Gasteiger partial charge on any atom is -0.495 e. The standard InChI is InChI=1S/C24H24ClN3O5S/c1-13-6-5-7-17(14(13)2)28-23(30)22-18(8-9-34-22)27(24(28)31)12-21(29)26-16-10-15(25)19(32-3)11-20(16)33-4/h5-11,18,22H,12H2,1-4H3,(H,26,29). The van der Waals surface area contributed by atoms with E-state index in [1.165, 1.54) is 41.8 Å². The van der Waals surface area contributed by atoms with Gasteiger partial charge in [0, 0.05) is 6.07 Å². The van der Waals surface area contributed by atoms with Gasteiger partial charge in [0.1, 0.15) is 23.3 Å². The molecule has 34 heavy (non-hydrogen) atoms. The molecule has 0 radical (unpaired) electrons. The maximum absolute atomic E-state index is 13.5. The molecule has 0 aromatic heterocycles. The Kier molecular flexibility index (Phi) is 6.77. The summed E-state index contributed by atoms with van der Waals surface area (Å²) in [7, 11) is 2.94. The van der Waals surface area contributed by atoms with E-state index in [0.29, 0.717) is 27.9 Å². The number of imide groups is 1. The molecule has 0 aliphatic carbocycles. The Morgan fingerprint density at radius 3 is 2.59 bits per heavy atom. The lowest BCUT2D eigenvalue weighted by molar-refractivity contribution is -0.121. The SMILES string of the molecule is COc1cc(OC)c(NC(=O)CN2C(=O)N(c3cccc(C)c3C)C(=O)C3SC=CC32)cc1Cl. The summed E-state index contributed by atoms with van der Waals surface area (Å²) in [5.41, 5.74) is 2.67. The number of carbonyl (C=O) groups is 3. The molecule has 2 unspecified atom stereocenters. The van der Waals surface area contributed by atoms with Crippen LogP contribution in [0.25, 0.3) is 0 Å². The molecule has 178 valence electrons. The third kappa shape index (κ3) is 4.21. The summed E-state index contributed by atoms with van der Waals surface area (Å²) in [5.74, 6) is 0.0217. The number of anilines is 2. The van der Waals surface area contributed by atoms with E-state index in [9.17, 15) is 14.4 Å². The summed E-state index contributed by atoms with van der Waals surface area (Å²) in [6, 6.07) is 7.51. The van der Waals surface area contributed by atoms with Crippen molar-refractivity contribution >= 4 is 52.6 Å². The van der Waals surface area contributed by atoms with Gasteiger partial charge in [0.15, 0.2) is 0 Å². The summed E-state index contributed by atoms with van der Waals surface area (Å²) >= 11 is 7.55. The Bertz CT molecular complexity index is 1200. The number of methoxy groups -OCH3 is 2. The maximum Gasteiger partial charge on any atom is 0.332 e. The highest BCUT2D eigenvalue weighted by molar-refractivity contribution is 8.03. The normalized spacial score (nSPS) is 19.3. The maximum atomic E-state index is 13.5. The van der Waals surface area contributed by atoms with Crippen molar-refractivity contribution in [3.63, 3.8) is 0 Å². The van der Waals surface area contributed by atoms with Crippen molar-refractivity contribution < 1.29 is 23.9 Å². The number of amides is 4. The van der Waals surface area contributed by atoms with Crippen LogP contribution >= 0.6 is 23.4 Å². The van der Waals surface area contributed by atoms with Crippen LogP contribution in [0, 0.1) is 13.8 Å². The molecule has 2 atom stereocenters. The van der Waals surface area contributed by atoms with Crippen molar-refractivity contribution in [3.05, 3.63) is 58.0 Å². The van der Waals surface area contributed by atoms with Crippen molar-refractivity contribution in [3.8, 4) is 11.5 Å². The quantitative estimate of drug-likeness (QED) is 0.632. The highest BCUT2D eigenvalue weighted by Crippen LogP contribution is 2.38. The number of hydrogen-bond donors (Lipinski definition) is 1. The number of ether oxygens (including phenoxy) is 2. The number of benzene rings is 2. The zero-order chi connectivity index (χ0) is 24.6. The first-order chi connectivity index (χ1) is 16.3. The number of hydrogen-bond acceptors (Lipinski definition) is 6. The summed E-state index contributed by atoms with van der Waals surface area (Å²) in [6.07, 6.45) is 1.78. The fourth-order valence-corrected chi connectivity index (χ4v) is 5.30. The fourth-order valence-electron chi connectivity index (χ4n) is 4.02. The van der Waals surface area contributed by atoms with Gasteiger partial charge >= 0.3 is 6.03 Å². The number of fused-ring (bicyclic) bond motifs is 1. The van der Waals surface area contributed by atoms with Gasteiger partial charge in [-0.15, -0.1) is 11.8 Å². The molecule has 2 aliphatic heterocycles. The molecule has 2 aromatic carbocycles. The van der Waals surface area contributed by atoms with Crippen LogP contribution in [0.4, 0.5) is 16.2 Å². The molecule has 2 aromatic rings. The number of halogens is 1. The first kappa shape index (κ1) is 24.0. The molecule has 0 bridgehead atoms. The second-order valence-corrected chi connectivity index (χ2v) is 9.37. The minimum absolute atomic E-state index is 0.258. The Labute approximate surface area is 206 Å². The van der Waals surface area contributed by atoms with Crippen LogP contribution in [0.3, 0.4) is 0 Å². The largest absolute Gasteiger partial charge is 0.495 e. The summed E-state index contributed by atoms with van der Waals surface area (Å²) in [5, 5.41) is 4.33. The molecule has 4 amide bonds. The van der Waals surface area contributed by atoms with Crippen LogP contribution in [-0.4, -0.2) is 54.8 Å². The first-order valence-electron chi connectivity index (χ1n) is 10.5. The summed E-state index contributed by atoms with van der Waals surface area (Å²) in [6.45, 7) is 3.53. The smallest absolute Gasteiger partial charge is 0.332 e. The second kappa shape index (κ2) is 9.60. The first-order valence-corrected chi connectivity index (χ1v) is 11.8. The predicted octanol–water partition coefficient (Wildman–Crippen LogP) is 4.38. The molecule has 10 heteroatoms. The molecular formula is C24H24ClN3O5S. The number of nitrogens with one attached hydrogen (secondary N) is 1. The van der Waals surface area contributed by atoms with Crippen LogP contribution in [0.5, 0.6) is 11.5 Å². The minimum atomic E-state index is -0.540. The topological polar surface area (TPSA) is 88.2 Å². The zero-order valence-corrected chi connectivity index (χ0v) is 20.7. The molecule has 1 saturated heterocycles. The van der Waals surface area contributed by atoms with Gasteiger partial charge in [0.2, 0.25) is 5.91 Å². The van der Waals surface area contributed by atoms with Crippen molar-refractivity contribution in [1.82, 2.24) is 4.90 Å². The van der Waals surface area contributed by atoms with Gasteiger partial charge in [-0.1, -0.05) is 29.8 Å². The lowest BCUT2D eigenvalue weighted by atomic mass is 10.0. The number of rotatable bonds is 6.